The second-order valence-corrected chi connectivity index (χ2v) is 5.31. The number of hydrogen-bond acceptors (Lipinski definition) is 2. The van der Waals surface area contributed by atoms with Gasteiger partial charge in [0.05, 0.1) is 5.75 Å². The van der Waals surface area contributed by atoms with Gasteiger partial charge in [-0.2, -0.15) is 0 Å². The van der Waals surface area contributed by atoms with Crippen molar-refractivity contribution >= 4 is 10.0 Å². The number of rotatable bonds is 4. The smallest absolute Gasteiger partial charge is 0.211 e. The summed E-state index contributed by atoms with van der Waals surface area (Å²) in [5.41, 5.74) is 0.356. The fourth-order valence-electron chi connectivity index (χ4n) is 1.24. The highest BCUT2D eigenvalue weighted by atomic mass is 32.2. The van der Waals surface area contributed by atoms with Gasteiger partial charge in [0.1, 0.15) is 5.82 Å². The summed E-state index contributed by atoms with van der Waals surface area (Å²) in [7, 11) is -3.30. The van der Waals surface area contributed by atoms with Crippen molar-refractivity contribution in [3.63, 3.8) is 0 Å². The minimum absolute atomic E-state index is 0.00814. The van der Waals surface area contributed by atoms with E-state index in [1.807, 2.05) is 0 Å². The average Bonchev–Trinajstić information content (AvgIpc) is 2.17. The quantitative estimate of drug-likeness (QED) is 0.859. The van der Waals surface area contributed by atoms with Gasteiger partial charge in [-0.05, 0) is 19.9 Å². The lowest BCUT2D eigenvalue weighted by Gasteiger charge is -2.14. The molecule has 0 saturated heterocycles. The van der Waals surface area contributed by atoms with E-state index in [1.165, 1.54) is 13.0 Å². The lowest BCUT2D eigenvalue weighted by Crippen LogP contribution is -2.28. The Morgan fingerprint density at radius 1 is 1.40 bits per heavy atom. The van der Waals surface area contributed by atoms with Crippen LogP contribution in [0, 0.1) is 5.82 Å². The maximum absolute atomic E-state index is 13.3. The summed E-state index contributed by atoms with van der Waals surface area (Å²) in [4.78, 5) is 0. The Hall–Kier alpha value is -0.940. The molecular weight excluding hydrogens is 217 g/mol. The molecule has 0 heterocycles. The van der Waals surface area contributed by atoms with Gasteiger partial charge in [0.2, 0.25) is 10.0 Å². The van der Waals surface area contributed by atoms with Crippen molar-refractivity contribution in [2.75, 3.05) is 5.75 Å². The minimum Gasteiger partial charge on any atom is -0.212 e. The van der Waals surface area contributed by atoms with E-state index in [-0.39, 0.29) is 5.75 Å². The van der Waals surface area contributed by atoms with Gasteiger partial charge in [0.15, 0.2) is 0 Å². The molecule has 5 heteroatoms. The Labute approximate surface area is 89.4 Å². The molecule has 1 rings (SSSR count). The predicted octanol–water partition coefficient (Wildman–Crippen LogP) is 1.83. The SMILES string of the molecule is CCS(=O)(=O)NC(C)c1ccccc1F. The van der Waals surface area contributed by atoms with Crippen LogP contribution in [0.1, 0.15) is 25.5 Å². The Morgan fingerprint density at radius 2 is 2.00 bits per heavy atom. The van der Waals surface area contributed by atoms with Crippen LogP contribution in [-0.4, -0.2) is 14.2 Å². The second kappa shape index (κ2) is 4.72. The summed E-state index contributed by atoms with van der Waals surface area (Å²) >= 11 is 0. The van der Waals surface area contributed by atoms with E-state index in [2.05, 4.69) is 4.72 Å². The molecule has 0 radical (unpaired) electrons. The normalized spacial score (nSPS) is 13.8. The zero-order chi connectivity index (χ0) is 11.5. The Bertz CT molecular complexity index is 431. The second-order valence-electron chi connectivity index (χ2n) is 3.26. The van der Waals surface area contributed by atoms with E-state index in [9.17, 15) is 12.8 Å². The molecule has 84 valence electrons. The van der Waals surface area contributed by atoms with E-state index < -0.39 is 21.9 Å². The third kappa shape index (κ3) is 3.28. The molecule has 1 aromatic carbocycles. The van der Waals surface area contributed by atoms with Crippen molar-refractivity contribution in [2.24, 2.45) is 0 Å². The Balaban J connectivity index is 2.87. The molecule has 15 heavy (non-hydrogen) atoms. The first-order chi connectivity index (χ1) is 6.96. The highest BCUT2D eigenvalue weighted by Gasteiger charge is 2.15. The molecule has 0 fully saturated rings. The van der Waals surface area contributed by atoms with Crippen molar-refractivity contribution in [3.8, 4) is 0 Å². The van der Waals surface area contributed by atoms with E-state index in [0.717, 1.165) is 0 Å². The molecule has 1 atom stereocenters. The Morgan fingerprint density at radius 3 is 2.53 bits per heavy atom. The first-order valence-corrected chi connectivity index (χ1v) is 6.36. The molecule has 1 unspecified atom stereocenters. The topological polar surface area (TPSA) is 46.2 Å². The molecule has 0 aliphatic heterocycles. The lowest BCUT2D eigenvalue weighted by atomic mass is 10.1. The highest BCUT2D eigenvalue weighted by Crippen LogP contribution is 2.16. The van der Waals surface area contributed by atoms with E-state index >= 15 is 0 Å². The van der Waals surface area contributed by atoms with Crippen LogP contribution in [0.25, 0.3) is 0 Å². The van der Waals surface area contributed by atoms with Crippen molar-refractivity contribution in [3.05, 3.63) is 35.6 Å². The molecule has 0 saturated carbocycles. The van der Waals surface area contributed by atoms with Crippen molar-refractivity contribution in [1.29, 1.82) is 0 Å². The van der Waals surface area contributed by atoms with Gasteiger partial charge in [0, 0.05) is 11.6 Å². The van der Waals surface area contributed by atoms with Gasteiger partial charge in [-0.3, -0.25) is 0 Å². The van der Waals surface area contributed by atoms with Crippen LogP contribution in [0.15, 0.2) is 24.3 Å². The van der Waals surface area contributed by atoms with Crippen LogP contribution in [0.5, 0.6) is 0 Å². The van der Waals surface area contributed by atoms with E-state index in [1.54, 1.807) is 25.1 Å². The van der Waals surface area contributed by atoms with Crippen LogP contribution in [0.3, 0.4) is 0 Å². The van der Waals surface area contributed by atoms with Crippen LogP contribution >= 0.6 is 0 Å². The van der Waals surface area contributed by atoms with Gasteiger partial charge >= 0.3 is 0 Å². The van der Waals surface area contributed by atoms with Gasteiger partial charge < -0.3 is 0 Å². The summed E-state index contributed by atoms with van der Waals surface area (Å²) in [5, 5.41) is 0. The summed E-state index contributed by atoms with van der Waals surface area (Å²) in [5.74, 6) is -0.407. The first kappa shape index (κ1) is 12.1. The van der Waals surface area contributed by atoms with E-state index in [0.29, 0.717) is 5.56 Å². The number of benzene rings is 1. The number of halogens is 1. The number of nitrogens with one attached hydrogen (secondary N) is 1. The monoisotopic (exact) mass is 231 g/mol. The molecule has 1 N–H and O–H groups in total. The lowest BCUT2D eigenvalue weighted by molar-refractivity contribution is 0.551. The molecule has 0 bridgehead atoms. The van der Waals surface area contributed by atoms with Gasteiger partial charge in [-0.15, -0.1) is 0 Å². The molecule has 0 amide bonds. The van der Waals surface area contributed by atoms with Crippen LogP contribution in [0.2, 0.25) is 0 Å². The van der Waals surface area contributed by atoms with Crippen LogP contribution < -0.4 is 4.72 Å². The molecule has 0 aromatic heterocycles. The first-order valence-electron chi connectivity index (χ1n) is 4.70. The zero-order valence-corrected chi connectivity index (χ0v) is 9.51. The van der Waals surface area contributed by atoms with Crippen molar-refractivity contribution < 1.29 is 12.8 Å². The summed E-state index contributed by atoms with van der Waals surface area (Å²) in [6.45, 7) is 3.15. The van der Waals surface area contributed by atoms with Crippen molar-refractivity contribution in [1.82, 2.24) is 4.72 Å². The summed E-state index contributed by atoms with van der Waals surface area (Å²) < 4.78 is 38.2. The van der Waals surface area contributed by atoms with E-state index in [4.69, 9.17) is 0 Å². The number of hydrogen-bond donors (Lipinski definition) is 1. The maximum atomic E-state index is 13.3. The van der Waals surface area contributed by atoms with Gasteiger partial charge in [0.25, 0.3) is 0 Å². The van der Waals surface area contributed by atoms with Gasteiger partial charge in [-0.1, -0.05) is 18.2 Å². The summed E-state index contributed by atoms with van der Waals surface area (Å²) in [6, 6.07) is 5.58. The molecule has 0 aliphatic carbocycles. The van der Waals surface area contributed by atoms with Crippen LogP contribution in [0.4, 0.5) is 4.39 Å². The maximum Gasteiger partial charge on any atom is 0.211 e. The van der Waals surface area contributed by atoms with Crippen LogP contribution in [-0.2, 0) is 10.0 Å². The molecule has 3 nitrogen and oxygen atoms in total. The Kier molecular flexibility index (Phi) is 3.82. The predicted molar refractivity (Wildman–Crippen MR) is 57.4 cm³/mol. The molecule has 0 spiro atoms. The fourth-order valence-corrected chi connectivity index (χ4v) is 2.07. The largest absolute Gasteiger partial charge is 0.212 e. The van der Waals surface area contributed by atoms with Crippen molar-refractivity contribution in [2.45, 2.75) is 19.9 Å². The third-order valence-electron chi connectivity index (χ3n) is 2.11. The molecule has 1 aromatic rings. The summed E-state index contributed by atoms with van der Waals surface area (Å²) in [6.07, 6.45) is 0. The molecular formula is C10H14FNO2S. The number of sulfonamides is 1. The zero-order valence-electron chi connectivity index (χ0n) is 8.70. The average molecular weight is 231 g/mol. The standard InChI is InChI=1S/C10H14FNO2S/c1-3-15(13,14)12-8(2)9-6-4-5-7-10(9)11/h4-8,12H,3H2,1-2H3. The van der Waals surface area contributed by atoms with Gasteiger partial charge in [-0.25, -0.2) is 17.5 Å². The molecule has 0 aliphatic rings. The minimum atomic E-state index is -3.30. The fraction of sp³-hybridized carbons (Fsp3) is 0.400. The third-order valence-corrected chi connectivity index (χ3v) is 3.58. The highest BCUT2D eigenvalue weighted by molar-refractivity contribution is 7.89.